The molecule has 0 unspecified atom stereocenters. The van der Waals surface area contributed by atoms with Crippen LogP contribution in [0.2, 0.25) is 0 Å². The van der Waals surface area contributed by atoms with E-state index in [9.17, 15) is 18.0 Å². The van der Waals surface area contributed by atoms with Gasteiger partial charge in [0.15, 0.2) is 9.84 Å². The van der Waals surface area contributed by atoms with E-state index in [2.05, 4.69) is 4.98 Å². The van der Waals surface area contributed by atoms with Crippen molar-refractivity contribution in [1.82, 2.24) is 14.5 Å². The quantitative estimate of drug-likeness (QED) is 0.798. The van der Waals surface area contributed by atoms with Crippen molar-refractivity contribution in [2.45, 2.75) is 25.9 Å². The van der Waals surface area contributed by atoms with Gasteiger partial charge >= 0.3 is 0 Å². The number of aryl methyl sites for hydroxylation is 1. The summed E-state index contributed by atoms with van der Waals surface area (Å²) in [6, 6.07) is 6.66. The summed E-state index contributed by atoms with van der Waals surface area (Å²) in [5, 5.41) is 0.460. The Bertz CT molecular complexity index is 965. The maximum Gasteiger partial charge on any atom is 0.261 e. The van der Waals surface area contributed by atoms with Crippen molar-refractivity contribution in [2.75, 3.05) is 18.6 Å². The standard InChI is InChI=1S/C16H19N3O4S/c1-11-17-14-6-4-3-5-13(14)16(21)19(11)9-15(20)18(2)12-7-8-24(22,23)10-12/h3-6,12H,7-10H2,1-2H3/t12-/m0/s1. The van der Waals surface area contributed by atoms with Gasteiger partial charge in [0.25, 0.3) is 5.56 Å². The lowest BCUT2D eigenvalue weighted by Crippen LogP contribution is -2.41. The molecule has 0 bridgehead atoms. The van der Waals surface area contributed by atoms with E-state index in [1.807, 2.05) is 0 Å². The third-order valence-electron chi connectivity index (χ3n) is 4.50. The Morgan fingerprint density at radius 3 is 2.75 bits per heavy atom. The van der Waals surface area contributed by atoms with E-state index in [1.165, 1.54) is 9.47 Å². The number of nitrogens with zero attached hydrogens (tertiary/aromatic N) is 3. The third-order valence-corrected chi connectivity index (χ3v) is 6.25. The lowest BCUT2D eigenvalue weighted by molar-refractivity contribution is -0.132. The normalized spacial score (nSPS) is 19.5. The van der Waals surface area contributed by atoms with E-state index in [0.29, 0.717) is 23.1 Å². The van der Waals surface area contributed by atoms with Crippen LogP contribution < -0.4 is 5.56 Å². The van der Waals surface area contributed by atoms with Gasteiger partial charge in [-0.3, -0.25) is 14.2 Å². The SMILES string of the molecule is Cc1nc2ccccc2c(=O)n1CC(=O)N(C)[C@H]1CCS(=O)(=O)C1. The zero-order valence-corrected chi connectivity index (χ0v) is 14.4. The number of hydrogen-bond donors (Lipinski definition) is 0. The second-order valence-electron chi connectivity index (χ2n) is 6.13. The summed E-state index contributed by atoms with van der Waals surface area (Å²) >= 11 is 0. The van der Waals surface area contributed by atoms with Gasteiger partial charge in [0, 0.05) is 13.1 Å². The number of carbonyl (C=O) groups excluding carboxylic acids is 1. The van der Waals surface area contributed by atoms with Crippen LogP contribution in [0.5, 0.6) is 0 Å². The van der Waals surface area contributed by atoms with Gasteiger partial charge in [0.1, 0.15) is 12.4 Å². The molecule has 2 heterocycles. The molecule has 7 nitrogen and oxygen atoms in total. The molecule has 1 aromatic heterocycles. The zero-order chi connectivity index (χ0) is 17.5. The van der Waals surface area contributed by atoms with Gasteiger partial charge in [-0.1, -0.05) is 12.1 Å². The van der Waals surface area contributed by atoms with Crippen LogP contribution in [0.25, 0.3) is 10.9 Å². The van der Waals surface area contributed by atoms with Gasteiger partial charge < -0.3 is 4.90 Å². The van der Waals surface area contributed by atoms with E-state index in [4.69, 9.17) is 0 Å². The average Bonchev–Trinajstić information content (AvgIpc) is 2.90. The van der Waals surface area contributed by atoms with Crippen LogP contribution >= 0.6 is 0 Å². The highest BCUT2D eigenvalue weighted by molar-refractivity contribution is 7.91. The fourth-order valence-electron chi connectivity index (χ4n) is 3.00. The largest absolute Gasteiger partial charge is 0.340 e. The van der Waals surface area contributed by atoms with Crippen LogP contribution in [-0.4, -0.2) is 53.4 Å². The number of likely N-dealkylation sites (N-methyl/N-ethyl adjacent to an activating group) is 1. The number of fused-ring (bicyclic) bond motifs is 1. The van der Waals surface area contributed by atoms with Crippen LogP contribution in [0, 0.1) is 6.92 Å². The molecule has 3 rings (SSSR count). The summed E-state index contributed by atoms with van der Waals surface area (Å²) in [5.41, 5.74) is 0.331. The number of para-hydroxylation sites is 1. The second kappa shape index (κ2) is 6.01. The summed E-state index contributed by atoms with van der Waals surface area (Å²) in [6.45, 7) is 1.54. The van der Waals surface area contributed by atoms with Crippen LogP contribution in [0.3, 0.4) is 0 Å². The van der Waals surface area contributed by atoms with Crippen LogP contribution in [0.1, 0.15) is 12.2 Å². The summed E-state index contributed by atoms with van der Waals surface area (Å²) in [4.78, 5) is 30.9. The van der Waals surface area contributed by atoms with E-state index in [0.717, 1.165) is 0 Å². The lowest BCUT2D eigenvalue weighted by atomic mass is 10.2. The maximum absolute atomic E-state index is 12.6. The second-order valence-corrected chi connectivity index (χ2v) is 8.36. The molecule has 1 aromatic carbocycles. The number of aromatic nitrogens is 2. The number of rotatable bonds is 3. The van der Waals surface area contributed by atoms with Crippen LogP contribution in [-0.2, 0) is 21.2 Å². The highest BCUT2D eigenvalue weighted by atomic mass is 32.2. The molecule has 0 spiro atoms. The summed E-state index contributed by atoms with van der Waals surface area (Å²) in [5.74, 6) is 0.254. The number of sulfone groups is 1. The van der Waals surface area contributed by atoms with Crippen molar-refractivity contribution < 1.29 is 13.2 Å². The first-order valence-electron chi connectivity index (χ1n) is 7.71. The van der Waals surface area contributed by atoms with Crippen molar-refractivity contribution in [3.63, 3.8) is 0 Å². The lowest BCUT2D eigenvalue weighted by Gasteiger charge is -2.24. The Kier molecular flexibility index (Phi) is 4.16. The molecule has 1 aliphatic rings. The summed E-state index contributed by atoms with van der Waals surface area (Å²) in [6.07, 6.45) is 0.439. The zero-order valence-electron chi connectivity index (χ0n) is 13.6. The van der Waals surface area contributed by atoms with Crippen molar-refractivity contribution in [3.05, 3.63) is 40.4 Å². The predicted molar refractivity (Wildman–Crippen MR) is 90.6 cm³/mol. The minimum absolute atomic E-state index is 0.0148. The van der Waals surface area contributed by atoms with Gasteiger partial charge in [-0.2, -0.15) is 0 Å². The minimum atomic E-state index is -3.07. The van der Waals surface area contributed by atoms with Crippen molar-refractivity contribution >= 4 is 26.6 Å². The van der Waals surface area contributed by atoms with E-state index >= 15 is 0 Å². The Morgan fingerprint density at radius 2 is 2.08 bits per heavy atom. The number of hydrogen-bond acceptors (Lipinski definition) is 5. The fraction of sp³-hybridized carbons (Fsp3) is 0.438. The highest BCUT2D eigenvalue weighted by Crippen LogP contribution is 2.17. The monoisotopic (exact) mass is 349 g/mol. The molecular weight excluding hydrogens is 330 g/mol. The van der Waals surface area contributed by atoms with Crippen LogP contribution in [0.15, 0.2) is 29.1 Å². The molecule has 8 heteroatoms. The Hall–Kier alpha value is -2.22. The summed E-state index contributed by atoms with van der Waals surface area (Å²) < 4.78 is 24.5. The molecule has 2 aromatic rings. The molecule has 0 saturated carbocycles. The molecule has 0 N–H and O–H groups in total. The first-order valence-corrected chi connectivity index (χ1v) is 9.53. The van der Waals surface area contributed by atoms with Crippen molar-refractivity contribution in [2.24, 2.45) is 0 Å². The number of amides is 1. The summed E-state index contributed by atoms with van der Waals surface area (Å²) in [7, 11) is -1.48. The van der Waals surface area contributed by atoms with Crippen LogP contribution in [0.4, 0.5) is 0 Å². The van der Waals surface area contributed by atoms with E-state index < -0.39 is 9.84 Å². The predicted octanol–water partition coefficient (Wildman–Crippen LogP) is 0.350. The van der Waals surface area contributed by atoms with Gasteiger partial charge in [0.2, 0.25) is 5.91 Å². The van der Waals surface area contributed by atoms with Crippen molar-refractivity contribution in [1.29, 1.82) is 0 Å². The van der Waals surface area contributed by atoms with Gasteiger partial charge in [0.05, 0.1) is 22.4 Å². The smallest absolute Gasteiger partial charge is 0.261 e. The molecule has 1 aliphatic heterocycles. The molecule has 128 valence electrons. The Balaban J connectivity index is 1.87. The number of carbonyl (C=O) groups is 1. The fourth-order valence-corrected chi connectivity index (χ4v) is 4.77. The molecule has 0 aliphatic carbocycles. The van der Waals surface area contributed by atoms with Gasteiger partial charge in [-0.25, -0.2) is 13.4 Å². The highest BCUT2D eigenvalue weighted by Gasteiger charge is 2.32. The molecule has 0 radical (unpaired) electrons. The van der Waals surface area contributed by atoms with Crippen molar-refractivity contribution in [3.8, 4) is 0 Å². The maximum atomic E-state index is 12.6. The molecule has 24 heavy (non-hydrogen) atoms. The molecule has 1 fully saturated rings. The van der Waals surface area contributed by atoms with E-state index in [1.54, 1.807) is 38.2 Å². The molecule has 1 atom stereocenters. The molecule has 1 amide bonds. The third kappa shape index (κ3) is 3.06. The first-order chi connectivity index (χ1) is 11.3. The minimum Gasteiger partial charge on any atom is -0.340 e. The Morgan fingerprint density at radius 1 is 1.38 bits per heavy atom. The average molecular weight is 349 g/mol. The van der Waals surface area contributed by atoms with E-state index in [-0.39, 0.29) is 35.6 Å². The molecular formula is C16H19N3O4S. The Labute approximate surface area is 139 Å². The topological polar surface area (TPSA) is 89.3 Å². The van der Waals surface area contributed by atoms with Gasteiger partial charge in [-0.05, 0) is 25.5 Å². The number of benzene rings is 1. The molecule has 1 saturated heterocycles. The first kappa shape index (κ1) is 16.6. The van der Waals surface area contributed by atoms with Gasteiger partial charge in [-0.15, -0.1) is 0 Å².